The van der Waals surface area contributed by atoms with Crippen molar-refractivity contribution >= 4 is 55.4 Å². The largest absolute Gasteiger partial charge is 0.275 e. The fourth-order valence-electron chi connectivity index (χ4n) is 0.802. The van der Waals surface area contributed by atoms with Crippen molar-refractivity contribution in [2.24, 2.45) is 0 Å². The van der Waals surface area contributed by atoms with Crippen LogP contribution < -0.4 is 0 Å². The Morgan fingerprint density at radius 3 is 2.64 bits per heavy atom. The lowest BCUT2D eigenvalue weighted by Gasteiger charge is -2.06. The van der Waals surface area contributed by atoms with E-state index in [-0.39, 0.29) is 15.6 Å². The van der Waals surface area contributed by atoms with E-state index >= 15 is 0 Å². The highest BCUT2D eigenvalue weighted by Gasteiger charge is 2.20. The molecule has 0 aliphatic carbocycles. The van der Waals surface area contributed by atoms with Gasteiger partial charge in [0.1, 0.15) is 3.70 Å². The molecule has 0 N–H and O–H groups in total. The van der Waals surface area contributed by atoms with Crippen LogP contribution in [-0.2, 0) is 0 Å². The lowest BCUT2D eigenvalue weighted by atomic mass is 10.2. The third kappa shape index (κ3) is 2.40. The normalized spacial score (nSPS) is 10.7. The van der Waals surface area contributed by atoms with E-state index in [2.05, 4.69) is 20.9 Å². The molecule has 0 fully saturated rings. The van der Waals surface area contributed by atoms with Crippen molar-refractivity contribution in [1.29, 1.82) is 0 Å². The minimum absolute atomic E-state index is 0.00639. The number of hydrogen-bond donors (Lipinski definition) is 0. The average Bonchev–Trinajstić information content (AvgIpc) is 2.02. The Balaban J connectivity index is 3.41. The van der Waals surface area contributed by atoms with Crippen LogP contribution in [-0.4, -0.2) is 10.2 Å². The van der Waals surface area contributed by atoms with E-state index in [0.717, 1.165) is 6.20 Å². The van der Waals surface area contributed by atoms with Crippen molar-refractivity contribution in [2.45, 2.75) is 6.43 Å². The number of halogens is 5. The molecular formula is C7H2BrClF2INO. The second-order valence-corrected chi connectivity index (χ2v) is 4.43. The van der Waals surface area contributed by atoms with Gasteiger partial charge in [-0.3, -0.25) is 4.79 Å². The fraction of sp³-hybridized carbons (Fsp3) is 0.143. The monoisotopic (exact) mass is 395 g/mol. The van der Waals surface area contributed by atoms with Crippen LogP contribution in [0.2, 0.25) is 0 Å². The van der Waals surface area contributed by atoms with Gasteiger partial charge in [0, 0.05) is 10.7 Å². The molecule has 0 saturated carbocycles. The molecule has 1 heterocycles. The van der Waals surface area contributed by atoms with Crippen molar-refractivity contribution in [3.8, 4) is 0 Å². The van der Waals surface area contributed by atoms with Crippen molar-refractivity contribution in [3.63, 3.8) is 0 Å². The number of hydrogen-bond acceptors (Lipinski definition) is 2. The molecule has 76 valence electrons. The summed E-state index contributed by atoms with van der Waals surface area (Å²) in [4.78, 5) is 14.6. The molecule has 0 spiro atoms. The molecule has 0 amide bonds. The van der Waals surface area contributed by atoms with Crippen LogP contribution in [0.15, 0.2) is 10.7 Å². The number of nitrogens with zero attached hydrogens (tertiary/aromatic N) is 1. The minimum atomic E-state index is -2.69. The van der Waals surface area contributed by atoms with Gasteiger partial charge in [-0.05, 0) is 50.1 Å². The van der Waals surface area contributed by atoms with E-state index in [1.165, 1.54) is 0 Å². The highest BCUT2D eigenvalue weighted by atomic mass is 127. The molecular weight excluding hydrogens is 394 g/mol. The second kappa shape index (κ2) is 4.80. The first kappa shape index (κ1) is 12.3. The Labute approximate surface area is 105 Å². The third-order valence-corrected chi connectivity index (χ3v) is 3.29. The lowest BCUT2D eigenvalue weighted by Crippen LogP contribution is -2.02. The number of carbonyl (C=O) groups is 1. The molecule has 0 aromatic carbocycles. The number of aromatic nitrogens is 1. The quantitative estimate of drug-likeness (QED) is 0.433. The summed E-state index contributed by atoms with van der Waals surface area (Å²) in [6.07, 6.45) is -1.68. The molecule has 7 heteroatoms. The summed E-state index contributed by atoms with van der Waals surface area (Å²) < 4.78 is 25.0. The smallest absolute Gasteiger partial charge is 0.266 e. The molecule has 14 heavy (non-hydrogen) atoms. The molecule has 1 rings (SSSR count). The van der Waals surface area contributed by atoms with Gasteiger partial charge in [-0.2, -0.15) is 0 Å². The van der Waals surface area contributed by atoms with Gasteiger partial charge in [0.15, 0.2) is 0 Å². The van der Waals surface area contributed by atoms with E-state index in [1.807, 2.05) is 0 Å². The summed E-state index contributed by atoms with van der Waals surface area (Å²) in [6.45, 7) is 0. The van der Waals surface area contributed by atoms with Crippen LogP contribution in [0.4, 0.5) is 8.78 Å². The molecule has 0 saturated heterocycles. The van der Waals surface area contributed by atoms with Gasteiger partial charge in [0.25, 0.3) is 11.7 Å². The van der Waals surface area contributed by atoms with Crippen molar-refractivity contribution in [3.05, 3.63) is 25.5 Å². The maximum absolute atomic E-state index is 12.4. The van der Waals surface area contributed by atoms with Gasteiger partial charge in [-0.15, -0.1) is 0 Å². The van der Waals surface area contributed by atoms with Gasteiger partial charge >= 0.3 is 0 Å². The zero-order valence-corrected chi connectivity index (χ0v) is 10.9. The van der Waals surface area contributed by atoms with E-state index in [9.17, 15) is 13.6 Å². The zero-order valence-electron chi connectivity index (χ0n) is 6.40. The first-order valence-electron chi connectivity index (χ1n) is 3.27. The zero-order chi connectivity index (χ0) is 10.9. The molecule has 1 aromatic rings. The maximum atomic E-state index is 12.4. The number of alkyl halides is 2. The van der Waals surface area contributed by atoms with Crippen LogP contribution in [0.25, 0.3) is 0 Å². The van der Waals surface area contributed by atoms with Gasteiger partial charge in [0.2, 0.25) is 0 Å². The summed E-state index contributed by atoms with van der Waals surface area (Å²) in [5.74, 6) is 0. The molecule has 0 aliphatic rings. The maximum Gasteiger partial charge on any atom is 0.266 e. The highest BCUT2D eigenvalue weighted by molar-refractivity contribution is 14.1. The number of pyridine rings is 1. The molecule has 1 aromatic heterocycles. The third-order valence-electron chi connectivity index (χ3n) is 1.43. The van der Waals surface area contributed by atoms with E-state index in [1.54, 1.807) is 22.6 Å². The van der Waals surface area contributed by atoms with E-state index in [0.29, 0.717) is 3.70 Å². The Morgan fingerprint density at radius 1 is 1.64 bits per heavy atom. The first-order valence-corrected chi connectivity index (χ1v) is 5.52. The summed E-state index contributed by atoms with van der Waals surface area (Å²) >= 11 is 9.88. The van der Waals surface area contributed by atoms with Gasteiger partial charge in [-0.1, -0.05) is 0 Å². The lowest BCUT2D eigenvalue weighted by molar-refractivity contribution is 0.107. The molecule has 2 nitrogen and oxygen atoms in total. The Hall–Kier alpha value is 0.180. The van der Waals surface area contributed by atoms with Crippen LogP contribution in [0, 0.1) is 3.70 Å². The minimum Gasteiger partial charge on any atom is -0.275 e. The number of carbonyl (C=O) groups excluding carboxylic acids is 1. The van der Waals surface area contributed by atoms with Gasteiger partial charge in [-0.25, -0.2) is 13.8 Å². The van der Waals surface area contributed by atoms with Crippen molar-refractivity contribution in [2.75, 3.05) is 0 Å². The van der Waals surface area contributed by atoms with Crippen LogP contribution in [0.3, 0.4) is 0 Å². The van der Waals surface area contributed by atoms with Crippen LogP contribution in [0.1, 0.15) is 22.3 Å². The van der Waals surface area contributed by atoms with Crippen LogP contribution in [0.5, 0.6) is 0 Å². The molecule has 0 unspecified atom stereocenters. The predicted molar refractivity (Wildman–Crippen MR) is 59.8 cm³/mol. The summed E-state index contributed by atoms with van der Waals surface area (Å²) in [5, 5.41) is -0.809. The molecule has 0 aliphatic heterocycles. The van der Waals surface area contributed by atoms with Crippen molar-refractivity contribution in [1.82, 2.24) is 4.98 Å². The van der Waals surface area contributed by atoms with Crippen molar-refractivity contribution < 1.29 is 13.6 Å². The highest BCUT2D eigenvalue weighted by Crippen LogP contribution is 2.32. The SMILES string of the molecule is O=C(Cl)c1c(I)ncc(C(F)F)c1Br. The molecule has 0 atom stereocenters. The number of rotatable bonds is 2. The Bertz CT molecular complexity index is 388. The Morgan fingerprint density at radius 2 is 2.21 bits per heavy atom. The second-order valence-electron chi connectivity index (χ2n) is 2.27. The predicted octanol–water partition coefficient (Wildman–Crippen LogP) is 3.77. The average molecular weight is 396 g/mol. The van der Waals surface area contributed by atoms with Gasteiger partial charge in [0.05, 0.1) is 11.1 Å². The summed E-state index contributed by atoms with van der Waals surface area (Å²) in [6, 6.07) is 0. The fourth-order valence-corrected chi connectivity index (χ4v) is 2.93. The first-order chi connectivity index (χ1) is 6.45. The summed E-state index contributed by atoms with van der Waals surface area (Å²) in [5.41, 5.74) is -0.362. The summed E-state index contributed by atoms with van der Waals surface area (Å²) in [7, 11) is 0. The topological polar surface area (TPSA) is 30.0 Å². The van der Waals surface area contributed by atoms with E-state index in [4.69, 9.17) is 11.6 Å². The molecule has 0 radical (unpaired) electrons. The molecule has 0 bridgehead atoms. The van der Waals surface area contributed by atoms with Gasteiger partial charge < -0.3 is 0 Å². The Kier molecular flexibility index (Phi) is 4.20. The standard InChI is InChI=1S/C7H2BrClF2INO/c8-4-2(6(10)11)1-13-7(12)3(4)5(9)14/h1,6H. The van der Waals surface area contributed by atoms with E-state index < -0.39 is 11.7 Å². The van der Waals surface area contributed by atoms with Crippen LogP contribution >= 0.6 is 50.1 Å².